The second-order valence-electron chi connectivity index (χ2n) is 10.6. The van der Waals surface area contributed by atoms with Gasteiger partial charge in [0.25, 0.3) is 0 Å². The van der Waals surface area contributed by atoms with Crippen molar-refractivity contribution >= 4 is 27.8 Å². The van der Waals surface area contributed by atoms with Crippen LogP contribution in [-0.2, 0) is 26.7 Å². The molecule has 3 aromatic carbocycles. The third-order valence-electron chi connectivity index (χ3n) is 7.23. The molecule has 1 saturated heterocycles. The number of rotatable bonds is 13. The first-order chi connectivity index (χ1) is 19.0. The summed E-state index contributed by atoms with van der Waals surface area (Å²) >= 11 is 1.64. The Labute approximate surface area is 241 Å². The van der Waals surface area contributed by atoms with Crippen LogP contribution >= 0.6 is 11.9 Å². The lowest BCUT2D eigenvalue weighted by Crippen LogP contribution is -2.57. The van der Waals surface area contributed by atoms with Gasteiger partial charge >= 0.3 is 5.97 Å². The van der Waals surface area contributed by atoms with Gasteiger partial charge in [-0.2, -0.15) is 0 Å². The van der Waals surface area contributed by atoms with Crippen LogP contribution in [0.1, 0.15) is 35.1 Å². The van der Waals surface area contributed by atoms with Gasteiger partial charge in [0.2, 0.25) is 0 Å². The van der Waals surface area contributed by atoms with Gasteiger partial charge in [0.15, 0.2) is 0 Å². The summed E-state index contributed by atoms with van der Waals surface area (Å²) in [6.07, 6.45) is 3.82. The fourth-order valence-electron chi connectivity index (χ4n) is 5.31. The van der Waals surface area contributed by atoms with E-state index in [2.05, 4.69) is 16.4 Å². The van der Waals surface area contributed by atoms with Gasteiger partial charge in [0, 0.05) is 24.8 Å². The van der Waals surface area contributed by atoms with Crippen molar-refractivity contribution in [2.75, 3.05) is 38.0 Å². The van der Waals surface area contributed by atoms with Gasteiger partial charge in [-0.1, -0.05) is 42.3 Å². The van der Waals surface area contributed by atoms with Crippen molar-refractivity contribution in [3.63, 3.8) is 0 Å². The van der Waals surface area contributed by atoms with E-state index in [0.29, 0.717) is 19.6 Å². The van der Waals surface area contributed by atoms with Gasteiger partial charge in [-0.25, -0.2) is 12.7 Å². The maximum Gasteiger partial charge on any atom is 0.304 e. The first kappa shape index (κ1) is 30.0. The van der Waals surface area contributed by atoms with Crippen LogP contribution in [0.4, 0.5) is 0 Å². The molecule has 9 heteroatoms. The van der Waals surface area contributed by atoms with Gasteiger partial charge < -0.3 is 14.6 Å². The number of sulfone groups is 1. The molecule has 4 rings (SSSR count). The van der Waals surface area contributed by atoms with E-state index in [1.54, 1.807) is 11.9 Å². The number of hydrogen-bond donors (Lipinski definition) is 1. The third kappa shape index (κ3) is 7.59. The van der Waals surface area contributed by atoms with Crippen molar-refractivity contribution in [3.8, 4) is 22.6 Å². The molecule has 0 spiro atoms. The van der Waals surface area contributed by atoms with E-state index in [9.17, 15) is 18.3 Å². The monoisotopic (exact) mass is 583 g/mol. The summed E-state index contributed by atoms with van der Waals surface area (Å²) in [5.74, 6) is 0.816. The van der Waals surface area contributed by atoms with Gasteiger partial charge in [-0.05, 0) is 90.2 Å². The van der Waals surface area contributed by atoms with Crippen LogP contribution in [0.5, 0.6) is 11.5 Å². The molecular weight excluding hydrogens is 546 g/mol. The smallest absolute Gasteiger partial charge is 0.304 e. The molecule has 1 fully saturated rings. The minimum atomic E-state index is -2.99. The summed E-state index contributed by atoms with van der Waals surface area (Å²) in [6.45, 7) is 6.32. The number of ether oxygens (including phenoxy) is 2. The van der Waals surface area contributed by atoms with Crippen LogP contribution in [0.25, 0.3) is 11.1 Å². The number of nitrogens with zero attached hydrogens (tertiary/aromatic N) is 1. The number of carboxylic acid groups (broad SMARTS) is 1. The van der Waals surface area contributed by atoms with Crippen molar-refractivity contribution in [2.24, 2.45) is 0 Å². The second kappa shape index (κ2) is 12.7. The van der Waals surface area contributed by atoms with Gasteiger partial charge in [-0.15, -0.1) is 0 Å². The van der Waals surface area contributed by atoms with Crippen molar-refractivity contribution in [1.29, 1.82) is 0 Å². The van der Waals surface area contributed by atoms with Gasteiger partial charge in [0.1, 0.15) is 27.9 Å². The number of carboxylic acids is 1. The molecule has 0 unspecified atom stereocenters. The Morgan fingerprint density at radius 3 is 2.27 bits per heavy atom. The first-order valence-corrected chi connectivity index (χ1v) is 16.5. The van der Waals surface area contributed by atoms with Crippen LogP contribution in [0.3, 0.4) is 0 Å². The second-order valence-corrected chi connectivity index (χ2v) is 13.8. The van der Waals surface area contributed by atoms with Crippen molar-refractivity contribution in [2.45, 2.75) is 38.7 Å². The predicted octanol–water partition coefficient (Wildman–Crippen LogP) is 5.67. The van der Waals surface area contributed by atoms with Crippen LogP contribution in [0.15, 0.2) is 60.7 Å². The number of aliphatic carboxylic acids is 1. The molecule has 40 heavy (non-hydrogen) atoms. The van der Waals surface area contributed by atoms with E-state index in [4.69, 9.17) is 9.47 Å². The van der Waals surface area contributed by atoms with E-state index < -0.39 is 15.8 Å². The molecule has 1 aliphatic rings. The highest BCUT2D eigenvalue weighted by Crippen LogP contribution is 2.41. The van der Waals surface area contributed by atoms with E-state index in [-0.39, 0.29) is 17.6 Å². The van der Waals surface area contributed by atoms with Crippen molar-refractivity contribution in [3.05, 3.63) is 82.9 Å². The summed E-state index contributed by atoms with van der Waals surface area (Å²) in [5.41, 5.74) is 6.11. The fourth-order valence-corrected chi connectivity index (χ4v) is 6.70. The maximum atomic E-state index is 11.5. The van der Waals surface area contributed by atoms with E-state index in [1.165, 1.54) is 6.26 Å². The summed E-state index contributed by atoms with van der Waals surface area (Å²) in [4.78, 5) is 11.5. The Balaban J connectivity index is 1.40. The van der Waals surface area contributed by atoms with E-state index >= 15 is 0 Å². The Kier molecular flexibility index (Phi) is 9.48. The minimum Gasteiger partial charge on any atom is -0.494 e. The Morgan fingerprint density at radius 1 is 1.00 bits per heavy atom. The average molecular weight is 584 g/mol. The van der Waals surface area contributed by atoms with Crippen molar-refractivity contribution < 1.29 is 27.8 Å². The van der Waals surface area contributed by atoms with Crippen LogP contribution in [0, 0.1) is 13.8 Å². The molecule has 214 valence electrons. The Morgan fingerprint density at radius 2 is 1.68 bits per heavy atom. The average Bonchev–Trinajstić information content (AvgIpc) is 2.87. The van der Waals surface area contributed by atoms with Crippen LogP contribution in [0.2, 0.25) is 0 Å². The topological polar surface area (TPSA) is 93.1 Å². The minimum absolute atomic E-state index is 0.116. The molecular formula is C31H37NO6S2. The molecule has 0 aromatic heterocycles. The molecule has 0 saturated carbocycles. The third-order valence-corrected chi connectivity index (χ3v) is 9.03. The lowest BCUT2D eigenvalue weighted by atomic mass is 9.72. The highest BCUT2D eigenvalue weighted by atomic mass is 32.2. The molecule has 0 amide bonds. The van der Waals surface area contributed by atoms with Crippen LogP contribution < -0.4 is 9.47 Å². The number of benzene rings is 3. The molecule has 1 aliphatic heterocycles. The molecule has 0 bridgehead atoms. The Hall–Kier alpha value is -3.01. The SMILES string of the molecule is CSN1CC(CC(=O)O)(c2ccc(OCc3cccc(-c4c(C)cc(OCCCS(C)(=O)=O)cc4C)c3)cc2)C1. The zero-order chi connectivity index (χ0) is 28.9. The van der Waals surface area contributed by atoms with E-state index in [1.807, 2.05) is 68.6 Å². The Bertz CT molecular complexity index is 1420. The quantitative estimate of drug-likeness (QED) is 0.203. The van der Waals surface area contributed by atoms with Crippen molar-refractivity contribution in [1.82, 2.24) is 4.31 Å². The first-order valence-electron chi connectivity index (χ1n) is 13.2. The van der Waals surface area contributed by atoms with E-state index in [0.717, 1.165) is 58.0 Å². The number of carbonyl (C=O) groups is 1. The number of aryl methyl sites for hydroxylation is 2. The molecule has 1 heterocycles. The lowest BCUT2D eigenvalue weighted by molar-refractivity contribution is -0.139. The highest BCUT2D eigenvalue weighted by molar-refractivity contribution is 7.96. The predicted molar refractivity (Wildman–Crippen MR) is 161 cm³/mol. The summed E-state index contributed by atoms with van der Waals surface area (Å²) in [5, 5.41) is 9.45. The summed E-state index contributed by atoms with van der Waals surface area (Å²) in [6, 6.07) is 20.1. The normalized spacial score (nSPS) is 14.9. The zero-order valence-corrected chi connectivity index (χ0v) is 25.1. The van der Waals surface area contributed by atoms with Crippen LogP contribution in [-0.4, -0.2) is 61.8 Å². The molecule has 7 nitrogen and oxygen atoms in total. The summed E-state index contributed by atoms with van der Waals surface area (Å²) in [7, 11) is -2.99. The largest absolute Gasteiger partial charge is 0.494 e. The molecule has 3 aromatic rings. The molecule has 1 N–H and O–H groups in total. The molecule has 0 radical (unpaired) electrons. The molecule has 0 aliphatic carbocycles. The zero-order valence-electron chi connectivity index (χ0n) is 23.5. The maximum absolute atomic E-state index is 11.5. The lowest BCUT2D eigenvalue weighted by Gasteiger charge is -2.48. The summed E-state index contributed by atoms with van der Waals surface area (Å²) < 4.78 is 36.8. The molecule has 0 atom stereocenters. The standard InChI is InChI=1S/C31H37NO6S2/c1-22-15-28(37-13-6-14-40(4,35)36)16-23(2)30(22)25-8-5-7-24(17-25)19-38-27-11-9-26(10-12-27)31(18-29(33)34)20-32(21-31)39-3/h5,7-12,15-17H,6,13-14,18-21H2,1-4H3,(H,33,34). The van der Waals surface area contributed by atoms with Gasteiger partial charge in [0.05, 0.1) is 18.8 Å². The number of hydrogen-bond acceptors (Lipinski definition) is 7. The highest BCUT2D eigenvalue weighted by Gasteiger charge is 2.45. The fraction of sp³-hybridized carbons (Fsp3) is 0.387. The van der Waals surface area contributed by atoms with Gasteiger partial charge in [-0.3, -0.25) is 4.79 Å².